The highest BCUT2D eigenvalue weighted by Gasteiger charge is 2.20. The minimum absolute atomic E-state index is 0.0881. The standard InChI is InChI=1S/C26H24N6O2S/c1-14(2)32-24-20(13-27-32)19(12-22(29-24)18-8-6-5-7-15(18)3)25(34)31-26-30-21-10-9-17(28-16(4)33)11-23(21)35-26/h5-14H,1-4H3,(H,28,33)(H,30,31,34). The highest BCUT2D eigenvalue weighted by Crippen LogP contribution is 2.31. The van der Waals surface area contributed by atoms with Crippen LogP contribution in [0.1, 0.15) is 42.7 Å². The number of nitrogens with zero attached hydrogens (tertiary/aromatic N) is 4. The van der Waals surface area contributed by atoms with Gasteiger partial charge in [0.05, 0.1) is 33.1 Å². The summed E-state index contributed by atoms with van der Waals surface area (Å²) < 4.78 is 2.69. The zero-order chi connectivity index (χ0) is 24.7. The molecule has 0 aliphatic rings. The van der Waals surface area contributed by atoms with Crippen molar-refractivity contribution in [3.63, 3.8) is 0 Å². The van der Waals surface area contributed by atoms with Gasteiger partial charge in [0.15, 0.2) is 10.8 Å². The zero-order valence-corrected chi connectivity index (χ0v) is 20.6. The minimum atomic E-state index is -0.281. The molecule has 0 fully saturated rings. The average molecular weight is 485 g/mol. The number of thiazole rings is 1. The Morgan fingerprint density at radius 1 is 1.03 bits per heavy atom. The molecular formula is C26H24N6O2S. The van der Waals surface area contributed by atoms with Crippen LogP contribution in [0.2, 0.25) is 0 Å². The summed E-state index contributed by atoms with van der Waals surface area (Å²) in [6.45, 7) is 7.55. The summed E-state index contributed by atoms with van der Waals surface area (Å²) in [7, 11) is 0. The van der Waals surface area contributed by atoms with Crippen molar-refractivity contribution in [1.82, 2.24) is 19.7 Å². The van der Waals surface area contributed by atoms with Crippen LogP contribution in [0.4, 0.5) is 10.8 Å². The molecule has 8 nitrogen and oxygen atoms in total. The fourth-order valence-corrected chi connectivity index (χ4v) is 4.91. The van der Waals surface area contributed by atoms with Gasteiger partial charge in [-0.25, -0.2) is 14.6 Å². The van der Waals surface area contributed by atoms with Crippen LogP contribution < -0.4 is 10.6 Å². The molecular weight excluding hydrogens is 460 g/mol. The molecule has 3 aromatic heterocycles. The number of fused-ring (bicyclic) bond motifs is 2. The Labute approximate surface area is 206 Å². The Hall–Kier alpha value is -4.11. The van der Waals surface area contributed by atoms with Crippen LogP contribution in [-0.4, -0.2) is 31.6 Å². The van der Waals surface area contributed by atoms with Crippen LogP contribution in [0.5, 0.6) is 0 Å². The van der Waals surface area contributed by atoms with Gasteiger partial charge in [-0.05, 0) is 50.6 Å². The van der Waals surface area contributed by atoms with Gasteiger partial charge in [0.1, 0.15) is 0 Å². The zero-order valence-electron chi connectivity index (χ0n) is 19.8. The number of anilines is 2. The summed E-state index contributed by atoms with van der Waals surface area (Å²) in [5, 5.41) is 11.4. The van der Waals surface area contributed by atoms with Gasteiger partial charge in [-0.2, -0.15) is 5.10 Å². The van der Waals surface area contributed by atoms with Crippen molar-refractivity contribution in [2.75, 3.05) is 10.6 Å². The third-order valence-electron chi connectivity index (χ3n) is 5.65. The molecule has 2 amide bonds. The van der Waals surface area contributed by atoms with E-state index in [-0.39, 0.29) is 17.9 Å². The molecule has 0 atom stereocenters. The van der Waals surface area contributed by atoms with Gasteiger partial charge in [0.25, 0.3) is 5.91 Å². The van der Waals surface area contributed by atoms with Crippen molar-refractivity contribution < 1.29 is 9.59 Å². The normalized spacial score (nSPS) is 11.3. The Balaban J connectivity index is 1.56. The molecule has 2 aromatic carbocycles. The number of carbonyl (C=O) groups is 2. The van der Waals surface area contributed by atoms with E-state index in [1.807, 2.05) is 67.9 Å². The van der Waals surface area contributed by atoms with Crippen LogP contribution in [-0.2, 0) is 4.79 Å². The summed E-state index contributed by atoms with van der Waals surface area (Å²) >= 11 is 1.35. The summed E-state index contributed by atoms with van der Waals surface area (Å²) in [6, 6.07) is 15.3. The van der Waals surface area contributed by atoms with Gasteiger partial charge in [0, 0.05) is 24.2 Å². The average Bonchev–Trinajstić information content (AvgIpc) is 3.41. The largest absolute Gasteiger partial charge is 0.326 e. The van der Waals surface area contributed by atoms with E-state index in [0.29, 0.717) is 33.1 Å². The van der Waals surface area contributed by atoms with Crippen LogP contribution in [0.25, 0.3) is 32.5 Å². The first-order valence-corrected chi connectivity index (χ1v) is 12.1. The Kier molecular flexibility index (Phi) is 5.78. The lowest BCUT2D eigenvalue weighted by Crippen LogP contribution is -2.13. The summed E-state index contributed by atoms with van der Waals surface area (Å²) in [5.41, 5.74) is 5.33. The molecule has 0 bridgehead atoms. The summed E-state index contributed by atoms with van der Waals surface area (Å²) in [6.07, 6.45) is 1.69. The molecule has 176 valence electrons. The Morgan fingerprint density at radius 3 is 2.57 bits per heavy atom. The molecule has 0 spiro atoms. The number of nitrogens with one attached hydrogen (secondary N) is 2. The topological polar surface area (TPSA) is 102 Å². The number of hydrogen-bond donors (Lipinski definition) is 2. The Bertz CT molecular complexity index is 1600. The molecule has 35 heavy (non-hydrogen) atoms. The van der Waals surface area contributed by atoms with Crippen molar-refractivity contribution in [2.45, 2.75) is 33.7 Å². The fourth-order valence-electron chi connectivity index (χ4n) is 4.01. The molecule has 5 rings (SSSR count). The van der Waals surface area contributed by atoms with E-state index in [9.17, 15) is 9.59 Å². The van der Waals surface area contributed by atoms with E-state index < -0.39 is 0 Å². The number of amides is 2. The van der Waals surface area contributed by atoms with Gasteiger partial charge < -0.3 is 5.32 Å². The van der Waals surface area contributed by atoms with E-state index in [1.54, 1.807) is 12.3 Å². The maximum Gasteiger partial charge on any atom is 0.258 e. The molecule has 9 heteroatoms. The highest BCUT2D eigenvalue weighted by molar-refractivity contribution is 7.22. The molecule has 0 aliphatic carbocycles. The first-order chi connectivity index (χ1) is 16.8. The van der Waals surface area contributed by atoms with Crippen LogP contribution >= 0.6 is 11.3 Å². The lowest BCUT2D eigenvalue weighted by atomic mass is 10.0. The van der Waals surface area contributed by atoms with Gasteiger partial charge in [0.2, 0.25) is 5.91 Å². The molecule has 0 saturated heterocycles. The van der Waals surface area contributed by atoms with E-state index in [4.69, 9.17) is 4.98 Å². The SMILES string of the molecule is CC(=O)Nc1ccc2nc(NC(=O)c3cc(-c4ccccc4C)nc4c3cnn4C(C)C)sc2c1. The molecule has 0 radical (unpaired) electrons. The van der Waals surface area contributed by atoms with Gasteiger partial charge >= 0.3 is 0 Å². The number of rotatable bonds is 5. The smallest absolute Gasteiger partial charge is 0.258 e. The summed E-state index contributed by atoms with van der Waals surface area (Å²) in [5.74, 6) is -0.424. The van der Waals surface area contributed by atoms with Crippen LogP contribution in [0.3, 0.4) is 0 Å². The minimum Gasteiger partial charge on any atom is -0.326 e. The summed E-state index contributed by atoms with van der Waals surface area (Å²) in [4.78, 5) is 34.3. The lowest BCUT2D eigenvalue weighted by Gasteiger charge is -2.11. The van der Waals surface area contributed by atoms with E-state index in [1.165, 1.54) is 18.3 Å². The number of benzene rings is 2. The first-order valence-electron chi connectivity index (χ1n) is 11.2. The second-order valence-electron chi connectivity index (χ2n) is 8.63. The third kappa shape index (κ3) is 4.38. The molecule has 0 aliphatic heterocycles. The van der Waals surface area contributed by atoms with Crippen molar-refractivity contribution in [3.8, 4) is 11.3 Å². The van der Waals surface area contributed by atoms with Gasteiger partial charge in [-0.3, -0.25) is 14.9 Å². The van der Waals surface area contributed by atoms with Crippen molar-refractivity contribution >= 4 is 55.2 Å². The van der Waals surface area contributed by atoms with Gasteiger partial charge in [-0.1, -0.05) is 35.6 Å². The number of aryl methyl sites for hydroxylation is 1. The van der Waals surface area contributed by atoms with Crippen LogP contribution in [0.15, 0.2) is 54.7 Å². The van der Waals surface area contributed by atoms with Crippen LogP contribution in [0, 0.1) is 6.92 Å². The van der Waals surface area contributed by atoms with E-state index in [0.717, 1.165) is 21.3 Å². The fraction of sp³-hybridized carbons (Fsp3) is 0.192. The predicted octanol–water partition coefficient (Wildman–Crippen LogP) is 5.81. The quantitative estimate of drug-likeness (QED) is 0.328. The molecule has 3 heterocycles. The maximum absolute atomic E-state index is 13.5. The second kappa shape index (κ2) is 8.92. The number of hydrogen-bond acceptors (Lipinski definition) is 6. The van der Waals surface area contributed by atoms with E-state index >= 15 is 0 Å². The highest BCUT2D eigenvalue weighted by atomic mass is 32.1. The van der Waals surface area contributed by atoms with E-state index in [2.05, 4.69) is 20.7 Å². The molecule has 5 aromatic rings. The lowest BCUT2D eigenvalue weighted by molar-refractivity contribution is -0.114. The monoisotopic (exact) mass is 484 g/mol. The third-order valence-corrected chi connectivity index (χ3v) is 6.58. The number of aromatic nitrogens is 4. The molecule has 0 saturated carbocycles. The van der Waals surface area contributed by atoms with Crippen molar-refractivity contribution in [3.05, 3.63) is 65.9 Å². The van der Waals surface area contributed by atoms with Crippen molar-refractivity contribution in [1.29, 1.82) is 0 Å². The van der Waals surface area contributed by atoms with Gasteiger partial charge in [-0.15, -0.1) is 0 Å². The molecule has 2 N–H and O–H groups in total. The Morgan fingerprint density at radius 2 is 1.83 bits per heavy atom. The van der Waals surface area contributed by atoms with Crippen molar-refractivity contribution in [2.24, 2.45) is 0 Å². The number of carbonyl (C=O) groups excluding carboxylic acids is 2. The first kappa shape index (κ1) is 22.7. The predicted molar refractivity (Wildman–Crippen MR) is 140 cm³/mol. The molecule has 0 unspecified atom stereocenters. The maximum atomic E-state index is 13.5. The second-order valence-corrected chi connectivity index (χ2v) is 9.66. The number of pyridine rings is 1.